The first-order valence-electron chi connectivity index (χ1n) is 9.57. The summed E-state index contributed by atoms with van der Waals surface area (Å²) in [6.07, 6.45) is 5.77. The Labute approximate surface area is 179 Å². The number of benzene rings is 2. The fourth-order valence-electron chi connectivity index (χ4n) is 3.41. The zero-order chi connectivity index (χ0) is 21.1. The molecule has 0 saturated heterocycles. The molecule has 4 rings (SSSR count). The molecule has 30 heavy (non-hydrogen) atoms. The fraction of sp³-hybridized carbons (Fsp3) is 0.217. The van der Waals surface area contributed by atoms with Crippen molar-refractivity contribution in [2.75, 3.05) is 19.0 Å². The predicted octanol–water partition coefficient (Wildman–Crippen LogP) is 4.68. The summed E-state index contributed by atoms with van der Waals surface area (Å²) in [5.74, 6) is 1.15. The number of halogens is 1. The van der Waals surface area contributed by atoms with Gasteiger partial charge in [-0.1, -0.05) is 17.7 Å². The lowest BCUT2D eigenvalue weighted by Gasteiger charge is -2.15. The zero-order valence-corrected chi connectivity index (χ0v) is 17.1. The molecule has 1 N–H and O–H groups in total. The Balaban J connectivity index is 1.49. The van der Waals surface area contributed by atoms with E-state index in [9.17, 15) is 9.59 Å². The number of ether oxygens (including phenoxy) is 3. The first-order chi connectivity index (χ1) is 14.5. The summed E-state index contributed by atoms with van der Waals surface area (Å²) in [4.78, 5) is 24.2. The van der Waals surface area contributed by atoms with Crippen LogP contribution >= 0.6 is 11.6 Å². The molecule has 1 amide bonds. The lowest BCUT2D eigenvalue weighted by molar-refractivity contribution is -0.113. The van der Waals surface area contributed by atoms with Crippen LogP contribution in [0.4, 0.5) is 5.69 Å². The van der Waals surface area contributed by atoms with Crippen molar-refractivity contribution >= 4 is 29.2 Å². The normalized spacial score (nSPS) is 14.8. The molecule has 1 aliphatic carbocycles. The molecule has 0 unspecified atom stereocenters. The van der Waals surface area contributed by atoms with Crippen LogP contribution in [0.1, 0.15) is 28.8 Å². The minimum Gasteiger partial charge on any atom is -0.493 e. The molecule has 0 bridgehead atoms. The maximum absolute atomic E-state index is 12.7. The van der Waals surface area contributed by atoms with Crippen LogP contribution in [0.5, 0.6) is 11.5 Å². The quantitative estimate of drug-likeness (QED) is 0.704. The lowest BCUT2D eigenvalue weighted by Crippen LogP contribution is -2.16. The van der Waals surface area contributed by atoms with Gasteiger partial charge in [-0.15, -0.1) is 0 Å². The van der Waals surface area contributed by atoms with Crippen molar-refractivity contribution in [3.05, 3.63) is 76.0 Å². The molecule has 0 aromatic heterocycles. The van der Waals surface area contributed by atoms with Crippen LogP contribution in [0.15, 0.2) is 59.9 Å². The Morgan fingerprint density at radius 2 is 2.03 bits per heavy atom. The number of methoxy groups -OCH3 is 1. The Kier molecular flexibility index (Phi) is 5.77. The summed E-state index contributed by atoms with van der Waals surface area (Å²) in [5, 5.41) is 3.49. The lowest BCUT2D eigenvalue weighted by atomic mass is 10.0. The largest absolute Gasteiger partial charge is 0.493 e. The predicted molar refractivity (Wildman–Crippen MR) is 113 cm³/mol. The zero-order valence-electron chi connectivity index (χ0n) is 16.4. The minimum atomic E-state index is -0.398. The van der Waals surface area contributed by atoms with Crippen LogP contribution in [0.3, 0.4) is 0 Å². The second kappa shape index (κ2) is 8.63. The Morgan fingerprint density at radius 1 is 1.23 bits per heavy atom. The van der Waals surface area contributed by atoms with Crippen molar-refractivity contribution in [1.29, 1.82) is 0 Å². The first-order valence-corrected chi connectivity index (χ1v) is 9.95. The molecule has 6 nitrogen and oxygen atoms in total. The minimum absolute atomic E-state index is 0.156. The molecular weight excluding hydrogens is 406 g/mol. The van der Waals surface area contributed by atoms with Gasteiger partial charge >= 0.3 is 5.97 Å². The molecule has 0 spiro atoms. The fourth-order valence-corrected chi connectivity index (χ4v) is 3.64. The van der Waals surface area contributed by atoms with E-state index in [2.05, 4.69) is 10.1 Å². The summed E-state index contributed by atoms with van der Waals surface area (Å²) >= 11 is 6.29. The summed E-state index contributed by atoms with van der Waals surface area (Å²) in [5.41, 5.74) is 2.52. The number of anilines is 1. The smallest absolute Gasteiger partial charge is 0.337 e. The van der Waals surface area contributed by atoms with Gasteiger partial charge in [-0.2, -0.15) is 0 Å². The summed E-state index contributed by atoms with van der Waals surface area (Å²) in [6, 6.07) is 10.2. The number of allylic oxidation sites excluding steroid dienone is 2. The van der Waals surface area contributed by atoms with Crippen LogP contribution in [-0.4, -0.2) is 25.6 Å². The van der Waals surface area contributed by atoms with Crippen molar-refractivity contribution in [3.63, 3.8) is 0 Å². The van der Waals surface area contributed by atoms with E-state index in [1.807, 2.05) is 12.2 Å². The van der Waals surface area contributed by atoms with Gasteiger partial charge < -0.3 is 19.5 Å². The number of hydrogen-bond acceptors (Lipinski definition) is 5. The van der Waals surface area contributed by atoms with E-state index in [1.54, 1.807) is 36.4 Å². The topological polar surface area (TPSA) is 73.9 Å². The van der Waals surface area contributed by atoms with E-state index >= 15 is 0 Å². The molecule has 2 aromatic rings. The maximum atomic E-state index is 12.7. The second-order valence-electron chi connectivity index (χ2n) is 6.89. The summed E-state index contributed by atoms with van der Waals surface area (Å²) in [7, 11) is 1.34. The standard InChI is InChI=1S/C23H20ClNO5/c1-28-23(27)14-6-8-17(9-7-14)29-11-10-15-12-16(24)13-20-21(15)25-22(26)18-4-2-3-5-19(18)30-20/h3,5-9,12-13H,2,4,10-11H2,1H3,(H,25,26). The molecule has 7 heteroatoms. The highest BCUT2D eigenvalue weighted by molar-refractivity contribution is 6.31. The van der Waals surface area contributed by atoms with Crippen molar-refractivity contribution in [2.45, 2.75) is 19.3 Å². The Hall–Kier alpha value is -3.25. The summed E-state index contributed by atoms with van der Waals surface area (Å²) < 4.78 is 16.5. The van der Waals surface area contributed by atoms with E-state index in [4.69, 9.17) is 21.1 Å². The van der Waals surface area contributed by atoms with E-state index in [1.165, 1.54) is 7.11 Å². The average molecular weight is 426 g/mol. The Bertz CT molecular complexity index is 1060. The third-order valence-corrected chi connectivity index (χ3v) is 5.14. The Morgan fingerprint density at radius 3 is 2.80 bits per heavy atom. The van der Waals surface area contributed by atoms with Crippen molar-refractivity contribution < 1.29 is 23.8 Å². The first kappa shape index (κ1) is 20.0. The van der Waals surface area contributed by atoms with Crippen LogP contribution < -0.4 is 14.8 Å². The molecule has 2 aromatic carbocycles. The van der Waals surface area contributed by atoms with Crippen LogP contribution in [0.25, 0.3) is 0 Å². The summed E-state index contributed by atoms with van der Waals surface area (Å²) in [6.45, 7) is 0.354. The number of carbonyl (C=O) groups is 2. The van der Waals surface area contributed by atoms with Gasteiger partial charge in [0.25, 0.3) is 5.91 Å². The molecule has 1 heterocycles. The second-order valence-corrected chi connectivity index (χ2v) is 7.33. The average Bonchev–Trinajstić information content (AvgIpc) is 2.89. The number of esters is 1. The van der Waals surface area contributed by atoms with Gasteiger partial charge in [-0.3, -0.25) is 4.79 Å². The highest BCUT2D eigenvalue weighted by Gasteiger charge is 2.26. The van der Waals surface area contributed by atoms with Gasteiger partial charge in [0.1, 0.15) is 11.5 Å². The third-order valence-electron chi connectivity index (χ3n) is 4.92. The number of hydrogen-bond donors (Lipinski definition) is 1. The van der Waals surface area contributed by atoms with Crippen molar-refractivity contribution in [3.8, 4) is 11.5 Å². The highest BCUT2D eigenvalue weighted by atomic mass is 35.5. The molecule has 0 atom stereocenters. The maximum Gasteiger partial charge on any atom is 0.337 e. The van der Waals surface area contributed by atoms with E-state index < -0.39 is 5.97 Å². The third kappa shape index (κ3) is 4.19. The van der Waals surface area contributed by atoms with Gasteiger partial charge in [0.2, 0.25) is 0 Å². The monoisotopic (exact) mass is 425 g/mol. The molecular formula is C23H20ClNO5. The van der Waals surface area contributed by atoms with Crippen LogP contribution in [0, 0.1) is 0 Å². The SMILES string of the molecule is COC(=O)c1ccc(OCCc2cc(Cl)cc3c2NC(=O)C2=C(C=CCC2)O3)cc1. The van der Waals surface area contributed by atoms with Crippen LogP contribution in [0.2, 0.25) is 5.02 Å². The van der Waals surface area contributed by atoms with Crippen molar-refractivity contribution in [2.24, 2.45) is 0 Å². The molecule has 154 valence electrons. The van der Waals surface area contributed by atoms with Gasteiger partial charge in [0.15, 0.2) is 5.75 Å². The van der Waals surface area contributed by atoms with E-state index in [-0.39, 0.29) is 5.91 Å². The molecule has 0 fully saturated rings. The van der Waals surface area contributed by atoms with E-state index in [0.717, 1.165) is 12.0 Å². The number of nitrogens with one attached hydrogen (secondary N) is 1. The van der Waals surface area contributed by atoms with Gasteiger partial charge in [0.05, 0.1) is 30.5 Å². The molecule has 1 aliphatic heterocycles. The number of fused-ring (bicyclic) bond motifs is 1. The highest BCUT2D eigenvalue weighted by Crippen LogP contribution is 2.38. The number of rotatable bonds is 5. The number of amides is 1. The van der Waals surface area contributed by atoms with E-state index in [0.29, 0.717) is 58.6 Å². The number of carbonyl (C=O) groups excluding carboxylic acids is 2. The molecule has 0 saturated carbocycles. The van der Waals surface area contributed by atoms with Crippen LogP contribution in [-0.2, 0) is 16.0 Å². The van der Waals surface area contributed by atoms with Gasteiger partial charge in [-0.25, -0.2) is 4.79 Å². The van der Waals surface area contributed by atoms with Gasteiger partial charge in [-0.05, 0) is 54.8 Å². The molecule has 2 aliphatic rings. The molecule has 0 radical (unpaired) electrons. The van der Waals surface area contributed by atoms with Gasteiger partial charge in [0, 0.05) is 17.5 Å². The van der Waals surface area contributed by atoms with Crippen molar-refractivity contribution in [1.82, 2.24) is 0 Å².